The van der Waals surface area contributed by atoms with Crippen molar-refractivity contribution in [2.75, 3.05) is 18.6 Å². The molecular formula is C18H23NOS. The van der Waals surface area contributed by atoms with Crippen LogP contribution in [-0.2, 0) is 0 Å². The van der Waals surface area contributed by atoms with Crippen molar-refractivity contribution in [3.05, 3.63) is 60.7 Å². The molecule has 21 heavy (non-hydrogen) atoms. The summed E-state index contributed by atoms with van der Waals surface area (Å²) in [7, 11) is -1.21. The van der Waals surface area contributed by atoms with E-state index in [1.807, 2.05) is 0 Å². The Balaban J connectivity index is 1.94. The smallest absolute Gasteiger partial charge is 0.0775 e. The molecule has 0 radical (unpaired) electrons. The molecule has 1 heterocycles. The highest BCUT2D eigenvalue weighted by Crippen LogP contribution is 2.59. The van der Waals surface area contributed by atoms with Crippen molar-refractivity contribution in [2.24, 2.45) is 0 Å². The topological polar surface area (TPSA) is 32.3 Å². The first-order valence-corrected chi connectivity index (χ1v) is 9.69. The van der Waals surface area contributed by atoms with Crippen LogP contribution in [0.5, 0.6) is 0 Å². The summed E-state index contributed by atoms with van der Waals surface area (Å²) >= 11 is 0. The lowest BCUT2D eigenvalue weighted by molar-refractivity contribution is 0.115. The van der Waals surface area contributed by atoms with E-state index < -0.39 is 10.0 Å². The molecule has 0 amide bonds. The Morgan fingerprint density at radius 2 is 1.52 bits per heavy atom. The van der Waals surface area contributed by atoms with Crippen LogP contribution in [0.2, 0.25) is 0 Å². The van der Waals surface area contributed by atoms with Gasteiger partial charge in [0.05, 0.1) is 6.10 Å². The van der Waals surface area contributed by atoms with E-state index in [1.54, 1.807) is 0 Å². The van der Waals surface area contributed by atoms with E-state index in [2.05, 4.69) is 72.2 Å². The van der Waals surface area contributed by atoms with Crippen LogP contribution in [0.1, 0.15) is 6.42 Å². The fraction of sp³-hybridized carbons (Fsp3) is 0.333. The summed E-state index contributed by atoms with van der Waals surface area (Å²) in [4.78, 5) is 2.68. The molecule has 1 saturated heterocycles. The molecule has 1 aliphatic rings. The number of aliphatic hydroxyl groups excluding tert-OH is 1. The van der Waals surface area contributed by atoms with Gasteiger partial charge >= 0.3 is 0 Å². The molecule has 1 aliphatic heterocycles. The predicted molar refractivity (Wildman–Crippen MR) is 90.2 cm³/mol. The van der Waals surface area contributed by atoms with Gasteiger partial charge in [-0.15, -0.1) is 0 Å². The van der Waals surface area contributed by atoms with Gasteiger partial charge in [0.2, 0.25) is 0 Å². The van der Waals surface area contributed by atoms with Crippen molar-refractivity contribution in [1.29, 1.82) is 0 Å². The van der Waals surface area contributed by atoms with Crippen LogP contribution >= 0.6 is 10.0 Å². The van der Waals surface area contributed by atoms with Crippen molar-refractivity contribution < 1.29 is 5.11 Å². The third-order valence-corrected chi connectivity index (χ3v) is 7.99. The van der Waals surface area contributed by atoms with Gasteiger partial charge in [-0.2, -0.15) is 10.0 Å². The molecule has 1 fully saturated rings. The minimum atomic E-state index is -1.21. The number of rotatable bonds is 5. The highest BCUT2D eigenvalue weighted by atomic mass is 32.3. The second-order valence-corrected chi connectivity index (χ2v) is 9.25. The van der Waals surface area contributed by atoms with Gasteiger partial charge < -0.3 is 10.4 Å². The Morgan fingerprint density at radius 1 is 1.05 bits per heavy atom. The fourth-order valence-corrected chi connectivity index (χ4v) is 5.96. The summed E-state index contributed by atoms with van der Waals surface area (Å²) in [5.41, 5.74) is 0. The lowest BCUT2D eigenvalue weighted by Gasteiger charge is -2.42. The van der Waals surface area contributed by atoms with Crippen LogP contribution in [0, 0.1) is 0 Å². The molecule has 0 bridgehead atoms. The molecular weight excluding hydrogens is 278 g/mol. The largest absolute Gasteiger partial charge is 0.391 e. The summed E-state index contributed by atoms with van der Waals surface area (Å²) < 4.78 is 0. The van der Waals surface area contributed by atoms with Crippen LogP contribution in [0.15, 0.2) is 70.5 Å². The molecule has 2 aromatic carbocycles. The third kappa shape index (κ3) is 3.00. The fourth-order valence-electron chi connectivity index (χ4n) is 2.87. The highest BCUT2D eigenvalue weighted by molar-refractivity contribution is 8.33. The monoisotopic (exact) mass is 301 g/mol. The van der Waals surface area contributed by atoms with Crippen LogP contribution < -0.4 is 5.32 Å². The number of benzene rings is 2. The van der Waals surface area contributed by atoms with Gasteiger partial charge in [-0.3, -0.25) is 0 Å². The van der Waals surface area contributed by atoms with Crippen molar-refractivity contribution in [3.63, 3.8) is 0 Å². The molecule has 2 aromatic rings. The molecule has 112 valence electrons. The zero-order chi connectivity index (χ0) is 14.7. The van der Waals surface area contributed by atoms with Gasteiger partial charge in [-0.1, -0.05) is 36.4 Å². The van der Waals surface area contributed by atoms with E-state index in [-0.39, 0.29) is 12.1 Å². The number of aliphatic hydroxyl groups is 1. The molecule has 0 spiro atoms. The van der Waals surface area contributed by atoms with Gasteiger partial charge in [0, 0.05) is 11.8 Å². The Hall–Kier alpha value is -1.29. The average molecular weight is 301 g/mol. The highest BCUT2D eigenvalue weighted by Gasteiger charge is 2.32. The minimum Gasteiger partial charge on any atom is -0.391 e. The number of nitrogens with one attached hydrogen (secondary N) is 1. The zero-order valence-corrected chi connectivity index (χ0v) is 13.2. The van der Waals surface area contributed by atoms with Crippen molar-refractivity contribution >= 4 is 10.0 Å². The van der Waals surface area contributed by atoms with E-state index in [0.29, 0.717) is 0 Å². The molecule has 0 aromatic heterocycles. The summed E-state index contributed by atoms with van der Waals surface area (Å²) in [6.45, 7) is 1.03. The second kappa shape index (κ2) is 6.22. The lowest BCUT2D eigenvalue weighted by Crippen LogP contribution is -2.52. The second-order valence-electron chi connectivity index (χ2n) is 5.80. The molecule has 3 heteroatoms. The maximum atomic E-state index is 10.6. The van der Waals surface area contributed by atoms with Crippen molar-refractivity contribution in [3.8, 4) is 0 Å². The van der Waals surface area contributed by atoms with Crippen LogP contribution in [0.25, 0.3) is 0 Å². The number of hydrogen-bond acceptors (Lipinski definition) is 2. The molecule has 2 N–H and O–H groups in total. The quantitative estimate of drug-likeness (QED) is 0.888. The zero-order valence-electron chi connectivity index (χ0n) is 12.4. The molecule has 2 nitrogen and oxygen atoms in total. The SMILES string of the molecule is CS(C[C@@H](O)[C@@H]1CCN1)(c1ccccc1)c1ccccc1. The lowest BCUT2D eigenvalue weighted by atomic mass is 10.0. The van der Waals surface area contributed by atoms with E-state index in [4.69, 9.17) is 0 Å². The Bertz CT molecular complexity index is 529. The van der Waals surface area contributed by atoms with Gasteiger partial charge in [0.1, 0.15) is 0 Å². The Kier molecular flexibility index (Phi) is 4.34. The first-order chi connectivity index (χ1) is 10.2. The van der Waals surface area contributed by atoms with Gasteiger partial charge in [0.25, 0.3) is 0 Å². The minimum absolute atomic E-state index is 0.268. The van der Waals surface area contributed by atoms with E-state index in [0.717, 1.165) is 18.7 Å². The molecule has 0 unspecified atom stereocenters. The van der Waals surface area contributed by atoms with E-state index in [1.165, 1.54) is 9.79 Å². The Labute approximate surface area is 128 Å². The molecule has 0 saturated carbocycles. The maximum Gasteiger partial charge on any atom is 0.0775 e. The van der Waals surface area contributed by atoms with Crippen LogP contribution in [0.4, 0.5) is 0 Å². The van der Waals surface area contributed by atoms with E-state index in [9.17, 15) is 5.11 Å². The summed E-state index contributed by atoms with van der Waals surface area (Å²) in [5.74, 6) is 0.818. The maximum absolute atomic E-state index is 10.6. The average Bonchev–Trinajstić information content (AvgIpc) is 2.47. The summed E-state index contributed by atoms with van der Waals surface area (Å²) in [6.07, 6.45) is 3.12. The predicted octanol–water partition coefficient (Wildman–Crippen LogP) is 3.26. The van der Waals surface area contributed by atoms with Crippen LogP contribution in [0.3, 0.4) is 0 Å². The van der Waals surface area contributed by atoms with Crippen molar-refractivity contribution in [1.82, 2.24) is 5.32 Å². The molecule has 3 rings (SSSR count). The molecule has 2 atom stereocenters. The third-order valence-electron chi connectivity index (χ3n) is 4.36. The first kappa shape index (κ1) is 14.6. The standard InChI is InChI=1S/C18H23NOS/c1-21(15-8-4-2-5-9-15,16-10-6-3-7-11-16)14-18(20)17-12-13-19-17/h2-11,17-20H,12-14H2,1H3/t17-,18+/m0/s1. The van der Waals surface area contributed by atoms with Gasteiger partial charge in [-0.05, 0) is 53.3 Å². The first-order valence-electron chi connectivity index (χ1n) is 7.48. The van der Waals surface area contributed by atoms with Crippen molar-refractivity contribution in [2.45, 2.75) is 28.4 Å². The number of hydrogen-bond donors (Lipinski definition) is 2. The summed E-state index contributed by atoms with van der Waals surface area (Å²) in [6, 6.07) is 21.5. The normalized spacial score (nSPS) is 20.6. The Morgan fingerprint density at radius 3 is 1.90 bits per heavy atom. The van der Waals surface area contributed by atoms with E-state index >= 15 is 0 Å². The van der Waals surface area contributed by atoms with Crippen LogP contribution in [-0.4, -0.2) is 35.8 Å². The summed E-state index contributed by atoms with van der Waals surface area (Å²) in [5, 5.41) is 13.9. The van der Waals surface area contributed by atoms with Gasteiger partial charge in [-0.25, -0.2) is 0 Å². The van der Waals surface area contributed by atoms with Gasteiger partial charge in [0.15, 0.2) is 0 Å². The molecule has 0 aliphatic carbocycles.